The first-order valence-corrected chi connectivity index (χ1v) is 7.22. The van der Waals surface area contributed by atoms with E-state index >= 15 is 0 Å². The van der Waals surface area contributed by atoms with E-state index in [2.05, 4.69) is 24.3 Å². The molecule has 1 unspecified atom stereocenters. The van der Waals surface area contributed by atoms with Gasteiger partial charge in [-0.15, -0.1) is 0 Å². The van der Waals surface area contributed by atoms with E-state index in [1.165, 1.54) is 11.1 Å². The molecule has 0 bridgehead atoms. The SMILES string of the molecule is O=S(O)CCC(c1ccccc1)c1ccccc1. The van der Waals surface area contributed by atoms with Gasteiger partial charge in [-0.1, -0.05) is 60.7 Å². The predicted octanol–water partition coefficient (Wildman–Crippen LogP) is 3.43. The van der Waals surface area contributed by atoms with Crippen molar-refractivity contribution < 1.29 is 8.76 Å². The van der Waals surface area contributed by atoms with Gasteiger partial charge in [-0.05, 0) is 17.5 Å². The normalized spacial score (nSPS) is 12.6. The van der Waals surface area contributed by atoms with Crippen LogP contribution in [0.4, 0.5) is 0 Å². The number of rotatable bonds is 5. The summed E-state index contributed by atoms with van der Waals surface area (Å²) in [4.78, 5) is 0. The minimum atomic E-state index is -1.73. The van der Waals surface area contributed by atoms with Gasteiger partial charge in [-0.25, -0.2) is 4.21 Å². The lowest BCUT2D eigenvalue weighted by atomic mass is 9.89. The zero-order valence-electron chi connectivity index (χ0n) is 10.0. The van der Waals surface area contributed by atoms with Crippen molar-refractivity contribution in [1.82, 2.24) is 0 Å². The van der Waals surface area contributed by atoms with Crippen molar-refractivity contribution in [2.45, 2.75) is 12.3 Å². The Balaban J connectivity index is 2.26. The highest BCUT2D eigenvalue weighted by Gasteiger charge is 2.14. The summed E-state index contributed by atoms with van der Waals surface area (Å²) in [5.41, 5.74) is 2.38. The molecule has 0 saturated carbocycles. The van der Waals surface area contributed by atoms with Crippen LogP contribution in [0.1, 0.15) is 23.5 Å². The Labute approximate surface area is 110 Å². The fourth-order valence-corrected chi connectivity index (χ4v) is 2.55. The first-order chi connectivity index (χ1) is 8.77. The highest BCUT2D eigenvalue weighted by molar-refractivity contribution is 7.79. The highest BCUT2D eigenvalue weighted by Crippen LogP contribution is 2.27. The van der Waals surface area contributed by atoms with Crippen molar-refractivity contribution in [3.8, 4) is 0 Å². The van der Waals surface area contributed by atoms with Crippen LogP contribution in [-0.2, 0) is 11.1 Å². The second kappa shape index (κ2) is 6.47. The van der Waals surface area contributed by atoms with Crippen LogP contribution in [0.3, 0.4) is 0 Å². The van der Waals surface area contributed by atoms with E-state index in [0.29, 0.717) is 12.2 Å². The molecule has 0 aliphatic carbocycles. The van der Waals surface area contributed by atoms with Crippen LogP contribution in [-0.4, -0.2) is 14.5 Å². The van der Waals surface area contributed by atoms with Crippen LogP contribution >= 0.6 is 0 Å². The average molecular weight is 260 g/mol. The van der Waals surface area contributed by atoms with Gasteiger partial charge in [0.15, 0.2) is 11.1 Å². The molecule has 3 heteroatoms. The molecule has 2 aromatic rings. The average Bonchev–Trinajstić information content (AvgIpc) is 2.41. The maximum Gasteiger partial charge on any atom is 0.152 e. The first-order valence-electron chi connectivity index (χ1n) is 5.94. The summed E-state index contributed by atoms with van der Waals surface area (Å²) in [6.07, 6.45) is 0.678. The molecule has 0 aliphatic heterocycles. The minimum Gasteiger partial charge on any atom is -0.306 e. The number of hydrogen-bond donors (Lipinski definition) is 1. The molecular weight excluding hydrogens is 244 g/mol. The molecule has 94 valence electrons. The number of hydrogen-bond acceptors (Lipinski definition) is 1. The molecule has 0 radical (unpaired) electrons. The van der Waals surface area contributed by atoms with E-state index < -0.39 is 11.1 Å². The fraction of sp³-hybridized carbons (Fsp3) is 0.200. The molecule has 0 spiro atoms. The van der Waals surface area contributed by atoms with Crippen LogP contribution in [0, 0.1) is 0 Å². The topological polar surface area (TPSA) is 37.3 Å². The summed E-state index contributed by atoms with van der Waals surface area (Å²) in [7, 11) is 0. The predicted molar refractivity (Wildman–Crippen MR) is 75.0 cm³/mol. The fourth-order valence-electron chi connectivity index (χ4n) is 2.12. The Hall–Kier alpha value is -1.45. The third kappa shape index (κ3) is 3.52. The van der Waals surface area contributed by atoms with Gasteiger partial charge in [-0.2, -0.15) is 0 Å². The van der Waals surface area contributed by atoms with Gasteiger partial charge in [-0.3, -0.25) is 0 Å². The standard InChI is InChI=1S/C15H16O2S/c16-18(17)12-11-15(13-7-3-1-4-8-13)14-9-5-2-6-10-14/h1-10,15H,11-12H2,(H,16,17). The van der Waals surface area contributed by atoms with Crippen molar-refractivity contribution >= 4 is 11.1 Å². The summed E-state index contributed by atoms with van der Waals surface area (Å²) in [6, 6.07) is 20.2. The maximum absolute atomic E-state index is 10.9. The quantitative estimate of drug-likeness (QED) is 0.836. The lowest BCUT2D eigenvalue weighted by Gasteiger charge is -2.17. The molecule has 1 N–H and O–H groups in total. The van der Waals surface area contributed by atoms with Crippen molar-refractivity contribution in [3.05, 3.63) is 71.8 Å². The van der Waals surface area contributed by atoms with Crippen LogP contribution in [0.25, 0.3) is 0 Å². The molecule has 18 heavy (non-hydrogen) atoms. The number of benzene rings is 2. The molecular formula is C15H16O2S. The summed E-state index contributed by atoms with van der Waals surface area (Å²) < 4.78 is 19.8. The second-order valence-electron chi connectivity index (χ2n) is 4.19. The zero-order valence-corrected chi connectivity index (χ0v) is 10.8. The monoisotopic (exact) mass is 260 g/mol. The lowest BCUT2D eigenvalue weighted by molar-refractivity contribution is 0.559. The van der Waals surface area contributed by atoms with Crippen LogP contribution in [0.15, 0.2) is 60.7 Å². The van der Waals surface area contributed by atoms with Gasteiger partial charge >= 0.3 is 0 Å². The van der Waals surface area contributed by atoms with E-state index in [-0.39, 0.29) is 5.92 Å². The van der Waals surface area contributed by atoms with Gasteiger partial charge in [0, 0.05) is 5.92 Å². The minimum absolute atomic E-state index is 0.184. The molecule has 0 aromatic heterocycles. The molecule has 0 heterocycles. The summed E-state index contributed by atoms with van der Waals surface area (Å²) >= 11 is -1.73. The third-order valence-corrected chi connectivity index (χ3v) is 3.57. The smallest absolute Gasteiger partial charge is 0.152 e. The largest absolute Gasteiger partial charge is 0.306 e. The van der Waals surface area contributed by atoms with E-state index in [1.54, 1.807) is 0 Å². The Bertz CT molecular complexity index is 457. The van der Waals surface area contributed by atoms with Gasteiger partial charge in [0.25, 0.3) is 0 Å². The van der Waals surface area contributed by atoms with Crippen LogP contribution in [0.2, 0.25) is 0 Å². The maximum atomic E-state index is 10.9. The summed E-state index contributed by atoms with van der Waals surface area (Å²) in [5.74, 6) is 0.484. The Morgan fingerprint density at radius 2 is 1.33 bits per heavy atom. The van der Waals surface area contributed by atoms with E-state index in [1.807, 2.05) is 36.4 Å². The Morgan fingerprint density at radius 3 is 1.72 bits per heavy atom. The van der Waals surface area contributed by atoms with E-state index in [0.717, 1.165) is 0 Å². The Morgan fingerprint density at radius 1 is 0.889 bits per heavy atom. The first kappa shape index (κ1) is 13.0. The second-order valence-corrected chi connectivity index (χ2v) is 5.24. The molecule has 2 nitrogen and oxygen atoms in total. The highest BCUT2D eigenvalue weighted by atomic mass is 32.2. The molecule has 2 rings (SSSR count). The molecule has 0 saturated heterocycles. The van der Waals surface area contributed by atoms with Crippen LogP contribution in [0.5, 0.6) is 0 Å². The summed E-state index contributed by atoms with van der Waals surface area (Å²) in [6.45, 7) is 0. The summed E-state index contributed by atoms with van der Waals surface area (Å²) in [5, 5.41) is 0. The third-order valence-electron chi connectivity index (χ3n) is 2.99. The van der Waals surface area contributed by atoms with Crippen molar-refractivity contribution in [2.24, 2.45) is 0 Å². The van der Waals surface area contributed by atoms with Gasteiger partial charge in [0.2, 0.25) is 0 Å². The van der Waals surface area contributed by atoms with E-state index in [9.17, 15) is 4.21 Å². The molecule has 0 fully saturated rings. The van der Waals surface area contributed by atoms with E-state index in [4.69, 9.17) is 4.55 Å². The Kier molecular flexibility index (Phi) is 4.67. The molecule has 0 amide bonds. The van der Waals surface area contributed by atoms with Crippen LogP contribution < -0.4 is 0 Å². The van der Waals surface area contributed by atoms with Gasteiger partial charge in [0.05, 0.1) is 5.75 Å². The lowest BCUT2D eigenvalue weighted by Crippen LogP contribution is -2.06. The molecule has 2 aromatic carbocycles. The van der Waals surface area contributed by atoms with Gasteiger partial charge < -0.3 is 4.55 Å². The van der Waals surface area contributed by atoms with Crippen molar-refractivity contribution in [1.29, 1.82) is 0 Å². The zero-order chi connectivity index (χ0) is 12.8. The molecule has 1 atom stereocenters. The molecule has 0 aliphatic rings. The van der Waals surface area contributed by atoms with Crippen molar-refractivity contribution in [3.63, 3.8) is 0 Å². The van der Waals surface area contributed by atoms with Gasteiger partial charge in [0.1, 0.15) is 0 Å². The van der Waals surface area contributed by atoms with Crippen molar-refractivity contribution in [2.75, 3.05) is 5.75 Å².